The Bertz CT molecular complexity index is 1190. The first-order chi connectivity index (χ1) is 15.5. The Morgan fingerprint density at radius 2 is 1.94 bits per heavy atom. The molecule has 2 atom stereocenters. The second-order valence-corrected chi connectivity index (χ2v) is 12.9. The highest BCUT2D eigenvalue weighted by Crippen LogP contribution is 2.62. The molecule has 1 N–H and O–H groups in total. The molecular formula is C24H33N3O5S. The van der Waals surface area contributed by atoms with Crippen LogP contribution in [0.1, 0.15) is 57.7 Å². The molecule has 2 aromatic rings. The Balaban J connectivity index is 1.32. The maximum atomic E-state index is 12.9. The minimum Gasteiger partial charge on any atom is -0.457 e. The van der Waals surface area contributed by atoms with Gasteiger partial charge in [0.05, 0.1) is 28.0 Å². The molecule has 4 fully saturated rings. The first-order valence-corrected chi connectivity index (χ1v) is 13.3. The van der Waals surface area contributed by atoms with E-state index in [2.05, 4.69) is 4.98 Å². The van der Waals surface area contributed by atoms with Crippen LogP contribution in [0.25, 0.3) is 11.0 Å². The van der Waals surface area contributed by atoms with Gasteiger partial charge in [0.2, 0.25) is 10.0 Å². The van der Waals surface area contributed by atoms with Crippen molar-refractivity contribution >= 4 is 27.0 Å². The quantitative estimate of drug-likeness (QED) is 0.618. The molecule has 1 aromatic carbocycles. The van der Waals surface area contributed by atoms with Crippen molar-refractivity contribution in [1.82, 2.24) is 13.9 Å². The lowest BCUT2D eigenvalue weighted by Crippen LogP contribution is -2.56. The Morgan fingerprint density at radius 3 is 2.55 bits per heavy atom. The van der Waals surface area contributed by atoms with Crippen molar-refractivity contribution in [3.8, 4) is 0 Å². The molecule has 4 saturated carbocycles. The molecule has 0 radical (unpaired) electrons. The highest BCUT2D eigenvalue weighted by atomic mass is 32.2. The maximum Gasteiger partial charge on any atom is 0.306 e. The summed E-state index contributed by atoms with van der Waals surface area (Å²) in [7, 11) is -0.562. The molecule has 4 aliphatic rings. The van der Waals surface area contributed by atoms with Crippen LogP contribution in [-0.4, -0.2) is 53.0 Å². The summed E-state index contributed by atoms with van der Waals surface area (Å²) in [5.74, 6) is 1.41. The average molecular weight is 476 g/mol. The third-order valence-electron chi connectivity index (χ3n) is 7.93. The summed E-state index contributed by atoms with van der Waals surface area (Å²) in [6, 6.07) is 4.90. The summed E-state index contributed by atoms with van der Waals surface area (Å²) in [5.41, 5.74) is 0.653. The van der Waals surface area contributed by atoms with Crippen LogP contribution in [0, 0.1) is 17.3 Å². The summed E-state index contributed by atoms with van der Waals surface area (Å²) >= 11 is 0. The normalized spacial score (nSPS) is 30.9. The number of hydrogen-bond acceptors (Lipinski definition) is 6. The van der Waals surface area contributed by atoms with Crippen LogP contribution in [0.2, 0.25) is 0 Å². The first-order valence-electron chi connectivity index (χ1n) is 11.8. The second kappa shape index (κ2) is 7.78. The van der Waals surface area contributed by atoms with Gasteiger partial charge >= 0.3 is 5.97 Å². The van der Waals surface area contributed by atoms with Gasteiger partial charge in [0.1, 0.15) is 12.4 Å². The highest BCUT2D eigenvalue weighted by Gasteiger charge is 2.57. The average Bonchev–Trinajstić information content (AvgIpc) is 3.06. The van der Waals surface area contributed by atoms with Gasteiger partial charge in [-0.2, -0.15) is 0 Å². The number of aliphatic hydroxyl groups is 1. The lowest BCUT2D eigenvalue weighted by atomic mass is 9.47. The number of aromatic nitrogens is 2. The molecule has 8 nitrogen and oxygen atoms in total. The van der Waals surface area contributed by atoms with Crippen LogP contribution in [0.4, 0.5) is 0 Å². The number of esters is 1. The van der Waals surface area contributed by atoms with Gasteiger partial charge in [-0.25, -0.2) is 17.7 Å². The van der Waals surface area contributed by atoms with Crippen molar-refractivity contribution in [2.24, 2.45) is 17.3 Å². The molecule has 1 aromatic heterocycles. The molecule has 0 saturated heterocycles. The van der Waals surface area contributed by atoms with E-state index in [4.69, 9.17) is 4.74 Å². The van der Waals surface area contributed by atoms with E-state index in [0.717, 1.165) is 31.2 Å². The largest absolute Gasteiger partial charge is 0.457 e. The summed E-state index contributed by atoms with van der Waals surface area (Å²) in [4.78, 5) is 17.6. The first kappa shape index (κ1) is 22.8. The number of fused-ring (bicyclic) bond motifs is 1. The predicted octanol–water partition coefficient (Wildman–Crippen LogP) is 3.07. The SMILES string of the molecule is CCn1c(COC(=O)CC23CC4CC(CC(O)(C4)C2)C3)nc2cc(S(=O)(=O)N(C)C)ccc21. The number of benzene rings is 1. The molecule has 0 amide bonds. The number of ether oxygens (including phenoxy) is 1. The summed E-state index contributed by atoms with van der Waals surface area (Å²) in [5, 5.41) is 10.9. The van der Waals surface area contributed by atoms with Crippen LogP contribution in [0.5, 0.6) is 0 Å². The molecule has 4 bridgehead atoms. The number of sulfonamides is 1. The number of rotatable bonds is 7. The van der Waals surface area contributed by atoms with E-state index in [-0.39, 0.29) is 22.9 Å². The van der Waals surface area contributed by atoms with Crippen LogP contribution in [-0.2, 0) is 32.7 Å². The summed E-state index contributed by atoms with van der Waals surface area (Å²) in [6.07, 6.45) is 6.03. The Morgan fingerprint density at radius 1 is 1.24 bits per heavy atom. The van der Waals surface area contributed by atoms with E-state index in [9.17, 15) is 18.3 Å². The monoisotopic (exact) mass is 475 g/mol. The summed E-state index contributed by atoms with van der Waals surface area (Å²) < 4.78 is 33.8. The van der Waals surface area contributed by atoms with Gasteiger partial charge in [0.25, 0.3) is 0 Å². The zero-order valence-corrected chi connectivity index (χ0v) is 20.4. The van der Waals surface area contributed by atoms with E-state index in [0.29, 0.717) is 42.6 Å². The Kier molecular flexibility index (Phi) is 5.38. The van der Waals surface area contributed by atoms with E-state index in [1.807, 2.05) is 11.5 Å². The van der Waals surface area contributed by atoms with Crippen molar-refractivity contribution in [2.45, 2.75) is 75.5 Å². The minimum atomic E-state index is -3.56. The fraction of sp³-hybridized carbons (Fsp3) is 0.667. The topological polar surface area (TPSA) is 102 Å². The van der Waals surface area contributed by atoms with Gasteiger partial charge in [-0.1, -0.05) is 0 Å². The van der Waals surface area contributed by atoms with E-state index in [1.165, 1.54) is 24.8 Å². The van der Waals surface area contributed by atoms with Gasteiger partial charge in [-0.05, 0) is 80.9 Å². The maximum absolute atomic E-state index is 12.9. The summed E-state index contributed by atoms with van der Waals surface area (Å²) in [6.45, 7) is 2.65. The number of imidazole rings is 1. The zero-order chi connectivity index (χ0) is 23.6. The predicted molar refractivity (Wildman–Crippen MR) is 123 cm³/mol. The zero-order valence-electron chi connectivity index (χ0n) is 19.6. The van der Waals surface area contributed by atoms with E-state index in [1.54, 1.807) is 18.2 Å². The third kappa shape index (κ3) is 3.98. The fourth-order valence-electron chi connectivity index (χ4n) is 7.10. The second-order valence-electron chi connectivity index (χ2n) is 10.7. The number of nitrogens with zero attached hydrogens (tertiary/aromatic N) is 3. The molecule has 180 valence electrons. The lowest BCUT2D eigenvalue weighted by molar-refractivity contribution is -0.177. The van der Waals surface area contributed by atoms with Gasteiger partial charge in [-0.15, -0.1) is 0 Å². The number of aryl methyl sites for hydroxylation is 1. The van der Waals surface area contributed by atoms with Gasteiger partial charge in [0.15, 0.2) is 0 Å². The molecular weight excluding hydrogens is 442 g/mol. The van der Waals surface area contributed by atoms with Crippen molar-refractivity contribution in [1.29, 1.82) is 0 Å². The van der Waals surface area contributed by atoms with Crippen LogP contribution >= 0.6 is 0 Å². The fourth-order valence-corrected chi connectivity index (χ4v) is 8.03. The standard InChI is InChI=1S/C24H33N3O5S/c1-4-27-20-6-5-18(33(30,31)26(2)3)8-19(20)25-21(27)14-32-22(28)13-23-9-16-7-17(10-23)12-24(29,11-16)15-23/h5-6,8,16-17,29H,4,7,9-15H2,1-3H3. The smallest absolute Gasteiger partial charge is 0.306 e. The van der Waals surface area contributed by atoms with Gasteiger partial charge < -0.3 is 14.4 Å². The van der Waals surface area contributed by atoms with E-state index < -0.39 is 15.6 Å². The Labute approximate surface area is 195 Å². The molecule has 9 heteroatoms. The van der Waals surface area contributed by atoms with Gasteiger partial charge in [-0.3, -0.25) is 4.79 Å². The van der Waals surface area contributed by atoms with Crippen LogP contribution < -0.4 is 0 Å². The molecule has 4 aliphatic carbocycles. The van der Waals surface area contributed by atoms with Crippen LogP contribution in [0.3, 0.4) is 0 Å². The Hall–Kier alpha value is -1.97. The van der Waals surface area contributed by atoms with Crippen molar-refractivity contribution in [3.05, 3.63) is 24.0 Å². The van der Waals surface area contributed by atoms with E-state index >= 15 is 0 Å². The molecule has 33 heavy (non-hydrogen) atoms. The number of carbonyl (C=O) groups is 1. The highest BCUT2D eigenvalue weighted by molar-refractivity contribution is 7.89. The number of hydrogen-bond donors (Lipinski definition) is 1. The van der Waals surface area contributed by atoms with Crippen molar-refractivity contribution < 1.29 is 23.1 Å². The molecule has 0 spiro atoms. The number of carbonyl (C=O) groups excluding carboxylic acids is 1. The van der Waals surface area contributed by atoms with Crippen molar-refractivity contribution in [2.75, 3.05) is 14.1 Å². The van der Waals surface area contributed by atoms with Gasteiger partial charge in [0, 0.05) is 20.6 Å². The molecule has 0 aliphatic heterocycles. The molecule has 2 unspecified atom stereocenters. The van der Waals surface area contributed by atoms with Crippen LogP contribution in [0.15, 0.2) is 23.1 Å². The molecule has 6 rings (SSSR count). The minimum absolute atomic E-state index is 0.0460. The molecule has 1 heterocycles. The third-order valence-corrected chi connectivity index (χ3v) is 9.74. The van der Waals surface area contributed by atoms with Crippen molar-refractivity contribution in [3.63, 3.8) is 0 Å². The lowest BCUT2D eigenvalue weighted by Gasteiger charge is -2.60.